The van der Waals surface area contributed by atoms with Gasteiger partial charge in [0.05, 0.1) is 27.4 Å². The number of carbonyl (C=O) groups excluding carboxylic acids is 2. The van der Waals surface area contributed by atoms with E-state index in [0.717, 1.165) is 5.56 Å². The lowest BCUT2D eigenvalue weighted by Crippen LogP contribution is -2.28. The van der Waals surface area contributed by atoms with Gasteiger partial charge in [0.1, 0.15) is 5.82 Å². The van der Waals surface area contributed by atoms with Crippen LogP contribution in [0.1, 0.15) is 36.7 Å². The quantitative estimate of drug-likeness (QED) is 0.258. The van der Waals surface area contributed by atoms with E-state index in [4.69, 9.17) is 11.6 Å². The number of benzene rings is 2. The number of halogens is 1. The lowest BCUT2D eigenvalue weighted by Gasteiger charge is -2.19. The summed E-state index contributed by atoms with van der Waals surface area (Å²) < 4.78 is 0. The summed E-state index contributed by atoms with van der Waals surface area (Å²) in [4.78, 5) is 40.7. The van der Waals surface area contributed by atoms with Crippen LogP contribution in [-0.2, 0) is 11.2 Å². The number of aliphatic carboxylic acids is 1. The number of hydrogen-bond donors (Lipinski definition) is 5. The van der Waals surface area contributed by atoms with Gasteiger partial charge in [-0.1, -0.05) is 35.9 Å². The molecular formula is C26H28ClN5O4. The lowest BCUT2D eigenvalue weighted by atomic mass is 9.86. The van der Waals surface area contributed by atoms with Crippen molar-refractivity contribution in [3.8, 4) is 0 Å². The third-order valence-electron chi connectivity index (χ3n) is 5.31. The van der Waals surface area contributed by atoms with Gasteiger partial charge in [0.25, 0.3) is 5.91 Å². The minimum absolute atomic E-state index is 0.229. The molecule has 0 atom stereocenters. The number of carboxylic acid groups (broad SMARTS) is 1. The molecule has 0 saturated carbocycles. The van der Waals surface area contributed by atoms with Crippen molar-refractivity contribution in [1.29, 1.82) is 0 Å². The highest BCUT2D eigenvalue weighted by atomic mass is 35.5. The first-order valence-electron chi connectivity index (χ1n) is 11.3. The first-order chi connectivity index (χ1) is 17.1. The normalized spacial score (nSPS) is 10.9. The van der Waals surface area contributed by atoms with Crippen molar-refractivity contribution in [3.63, 3.8) is 0 Å². The molecule has 0 aliphatic rings. The van der Waals surface area contributed by atoms with Crippen LogP contribution in [0.5, 0.6) is 0 Å². The fourth-order valence-corrected chi connectivity index (χ4v) is 3.51. The number of rotatable bonds is 9. The number of pyridine rings is 1. The van der Waals surface area contributed by atoms with E-state index in [2.05, 4.69) is 26.3 Å². The molecule has 3 rings (SSSR count). The number of anilines is 4. The smallest absolute Gasteiger partial charge is 0.320 e. The molecule has 1 heterocycles. The monoisotopic (exact) mass is 509 g/mol. The van der Waals surface area contributed by atoms with E-state index in [1.807, 2.05) is 0 Å². The van der Waals surface area contributed by atoms with Gasteiger partial charge in [-0.05, 0) is 57.0 Å². The minimum Gasteiger partial charge on any atom is -0.481 e. The third kappa shape index (κ3) is 6.96. The highest BCUT2D eigenvalue weighted by molar-refractivity contribution is 6.33. The molecule has 0 aliphatic carbocycles. The van der Waals surface area contributed by atoms with Gasteiger partial charge in [-0.15, -0.1) is 0 Å². The Morgan fingerprint density at radius 1 is 1.00 bits per heavy atom. The topological polar surface area (TPSA) is 132 Å². The molecule has 1 aromatic heterocycles. The highest BCUT2D eigenvalue weighted by Gasteiger charge is 2.27. The van der Waals surface area contributed by atoms with Crippen molar-refractivity contribution in [3.05, 3.63) is 76.9 Å². The molecule has 2 aromatic carbocycles. The first-order valence-corrected chi connectivity index (χ1v) is 11.7. The van der Waals surface area contributed by atoms with Gasteiger partial charge in [0, 0.05) is 24.5 Å². The molecular weight excluding hydrogens is 482 g/mol. The van der Waals surface area contributed by atoms with E-state index in [0.29, 0.717) is 35.1 Å². The summed E-state index contributed by atoms with van der Waals surface area (Å²) in [6.45, 7) is 5.57. The van der Waals surface area contributed by atoms with Crippen LogP contribution in [0.2, 0.25) is 5.02 Å². The molecule has 10 heteroatoms. The molecule has 0 saturated heterocycles. The Bertz CT molecular complexity index is 1260. The molecule has 3 amide bonds. The van der Waals surface area contributed by atoms with Crippen LogP contribution in [0.15, 0.2) is 60.8 Å². The Morgan fingerprint density at radius 3 is 2.33 bits per heavy atom. The van der Waals surface area contributed by atoms with Crippen molar-refractivity contribution >= 4 is 52.4 Å². The second kappa shape index (κ2) is 11.5. The predicted octanol–water partition coefficient (Wildman–Crippen LogP) is 5.53. The molecule has 9 nitrogen and oxygen atoms in total. The predicted molar refractivity (Wildman–Crippen MR) is 141 cm³/mol. The fraction of sp³-hybridized carbons (Fsp3) is 0.231. The molecule has 5 N–H and O–H groups in total. The van der Waals surface area contributed by atoms with Crippen molar-refractivity contribution in [1.82, 2.24) is 10.3 Å². The number of amides is 3. The standard InChI is InChI=1S/C26H28ClN5O4/c1-4-28-25(36)32-22-13-21(31-20-8-6-5-7-19(20)27)18(15-29-22)23(33)30-17-11-9-16(10-12-17)14-26(2,3)24(34)35/h5-13,15H,4,14H2,1-3H3,(H,30,33)(H,34,35)(H3,28,29,31,32,36). The molecule has 0 radical (unpaired) electrons. The van der Waals surface area contributed by atoms with E-state index >= 15 is 0 Å². The molecule has 0 spiro atoms. The number of urea groups is 1. The maximum absolute atomic E-state index is 13.1. The summed E-state index contributed by atoms with van der Waals surface area (Å²) in [6.07, 6.45) is 1.71. The molecule has 0 fully saturated rings. The number of carbonyl (C=O) groups is 3. The van der Waals surface area contributed by atoms with Gasteiger partial charge in [0.2, 0.25) is 0 Å². The van der Waals surface area contributed by atoms with Gasteiger partial charge in [0.15, 0.2) is 0 Å². The van der Waals surface area contributed by atoms with E-state index in [-0.39, 0.29) is 11.4 Å². The summed E-state index contributed by atoms with van der Waals surface area (Å²) in [7, 11) is 0. The van der Waals surface area contributed by atoms with Gasteiger partial charge >= 0.3 is 12.0 Å². The average Bonchev–Trinajstić information content (AvgIpc) is 2.82. The van der Waals surface area contributed by atoms with Gasteiger partial charge in [-0.3, -0.25) is 14.9 Å². The zero-order valence-corrected chi connectivity index (χ0v) is 20.9. The Kier molecular flexibility index (Phi) is 8.50. The van der Waals surface area contributed by atoms with Crippen LogP contribution in [0.3, 0.4) is 0 Å². The number of hydrogen-bond acceptors (Lipinski definition) is 5. The van der Waals surface area contributed by atoms with E-state index in [1.54, 1.807) is 75.4 Å². The third-order valence-corrected chi connectivity index (χ3v) is 5.64. The molecule has 36 heavy (non-hydrogen) atoms. The number of aromatic nitrogens is 1. The second-order valence-corrected chi connectivity index (χ2v) is 9.13. The molecule has 0 bridgehead atoms. The molecule has 0 unspecified atom stereocenters. The summed E-state index contributed by atoms with van der Waals surface area (Å²) >= 11 is 6.29. The molecule has 188 valence electrons. The van der Waals surface area contributed by atoms with Crippen LogP contribution in [0.4, 0.5) is 27.7 Å². The Morgan fingerprint density at radius 2 is 1.69 bits per heavy atom. The minimum atomic E-state index is -0.903. The summed E-state index contributed by atoms with van der Waals surface area (Å²) in [5.41, 5.74) is 1.66. The zero-order valence-electron chi connectivity index (χ0n) is 20.2. The van der Waals surface area contributed by atoms with Crippen LogP contribution >= 0.6 is 11.6 Å². The fourth-order valence-electron chi connectivity index (χ4n) is 3.33. The number of nitrogens with one attached hydrogen (secondary N) is 4. The maximum Gasteiger partial charge on any atom is 0.320 e. The van der Waals surface area contributed by atoms with Crippen LogP contribution in [0, 0.1) is 5.41 Å². The summed E-state index contributed by atoms with van der Waals surface area (Å²) in [5, 5.41) is 21.0. The van der Waals surface area contributed by atoms with Crippen LogP contribution in [0.25, 0.3) is 0 Å². The Labute approximate surface area is 214 Å². The summed E-state index contributed by atoms with van der Waals surface area (Å²) in [6, 6.07) is 15.2. The van der Waals surface area contributed by atoms with Crippen molar-refractivity contribution < 1.29 is 19.5 Å². The SMILES string of the molecule is CCNC(=O)Nc1cc(Nc2ccccc2Cl)c(C(=O)Nc2ccc(CC(C)(C)C(=O)O)cc2)cn1. The van der Waals surface area contributed by atoms with Gasteiger partial charge < -0.3 is 21.1 Å². The maximum atomic E-state index is 13.1. The highest BCUT2D eigenvalue weighted by Crippen LogP contribution is 2.29. The average molecular weight is 510 g/mol. The Hall–Kier alpha value is -4.11. The van der Waals surface area contributed by atoms with Crippen LogP contribution in [-0.4, -0.2) is 34.5 Å². The lowest BCUT2D eigenvalue weighted by molar-refractivity contribution is -0.146. The van der Waals surface area contributed by atoms with E-state index in [1.165, 1.54) is 6.20 Å². The number of carboxylic acids is 1. The van der Waals surface area contributed by atoms with E-state index in [9.17, 15) is 19.5 Å². The van der Waals surface area contributed by atoms with E-state index < -0.39 is 23.3 Å². The van der Waals surface area contributed by atoms with Gasteiger partial charge in [-0.2, -0.15) is 0 Å². The largest absolute Gasteiger partial charge is 0.481 e. The molecule has 0 aliphatic heterocycles. The van der Waals surface area contributed by atoms with Gasteiger partial charge in [-0.25, -0.2) is 9.78 Å². The second-order valence-electron chi connectivity index (χ2n) is 8.72. The number of para-hydroxylation sites is 1. The molecule has 3 aromatic rings. The van der Waals surface area contributed by atoms with Crippen molar-refractivity contribution in [2.24, 2.45) is 5.41 Å². The van der Waals surface area contributed by atoms with Crippen molar-refractivity contribution in [2.45, 2.75) is 27.2 Å². The Balaban J connectivity index is 1.84. The first kappa shape index (κ1) is 26.5. The van der Waals surface area contributed by atoms with Crippen LogP contribution < -0.4 is 21.3 Å². The van der Waals surface area contributed by atoms with Crippen molar-refractivity contribution in [2.75, 3.05) is 22.5 Å². The zero-order chi connectivity index (χ0) is 26.3. The summed E-state index contributed by atoms with van der Waals surface area (Å²) in [5.74, 6) is -1.06. The number of nitrogens with zero attached hydrogens (tertiary/aromatic N) is 1.